The van der Waals surface area contributed by atoms with Crippen LogP contribution in [0.3, 0.4) is 0 Å². The zero-order chi connectivity index (χ0) is 15.3. The van der Waals surface area contributed by atoms with Crippen molar-refractivity contribution < 1.29 is 19.7 Å². The Bertz CT molecular complexity index is 465. The number of phenolic OH excluding ortho intramolecular Hbond substituents is 2. The summed E-state index contributed by atoms with van der Waals surface area (Å²) in [6.45, 7) is 6.55. The average molecular weight is 281 g/mol. The lowest BCUT2D eigenvalue weighted by Gasteiger charge is -2.18. The third kappa shape index (κ3) is 5.48. The summed E-state index contributed by atoms with van der Waals surface area (Å²) in [7, 11) is 0. The molecule has 0 unspecified atom stereocenters. The van der Waals surface area contributed by atoms with Gasteiger partial charge < -0.3 is 20.7 Å². The summed E-state index contributed by atoms with van der Waals surface area (Å²) in [5.74, 6) is -0.882. The van der Waals surface area contributed by atoms with Crippen LogP contribution in [0.4, 0.5) is 0 Å². The Labute approximate surface area is 119 Å². The fraction of sp³-hybridized carbons (Fsp3) is 0.533. The lowest BCUT2D eigenvalue weighted by atomic mass is 9.93. The monoisotopic (exact) mass is 281 g/mol. The van der Waals surface area contributed by atoms with E-state index in [0.717, 1.165) is 6.42 Å². The molecule has 0 radical (unpaired) electrons. The number of ether oxygens (including phenoxy) is 1. The molecule has 0 saturated carbocycles. The molecule has 5 nitrogen and oxygen atoms in total. The molecule has 0 saturated heterocycles. The molecular formula is C15H23NO4. The quantitative estimate of drug-likeness (QED) is 0.566. The number of nitrogens with two attached hydrogens (primary N) is 1. The summed E-state index contributed by atoms with van der Waals surface area (Å²) < 4.78 is 5.13. The molecule has 112 valence electrons. The van der Waals surface area contributed by atoms with E-state index >= 15 is 0 Å². The summed E-state index contributed by atoms with van der Waals surface area (Å²) in [5, 5.41) is 18.6. The normalized spacial score (nSPS) is 13.0. The highest BCUT2D eigenvalue weighted by atomic mass is 16.5. The van der Waals surface area contributed by atoms with Gasteiger partial charge >= 0.3 is 5.97 Å². The number of hydrogen-bond acceptors (Lipinski definition) is 5. The number of esters is 1. The van der Waals surface area contributed by atoms with Crippen LogP contribution in [0.5, 0.6) is 11.5 Å². The van der Waals surface area contributed by atoms with Crippen molar-refractivity contribution in [3.63, 3.8) is 0 Å². The van der Waals surface area contributed by atoms with Crippen molar-refractivity contribution in [2.24, 2.45) is 11.1 Å². The minimum Gasteiger partial charge on any atom is -0.504 e. The Hall–Kier alpha value is -1.75. The smallest absolute Gasteiger partial charge is 0.323 e. The van der Waals surface area contributed by atoms with E-state index in [0.29, 0.717) is 12.2 Å². The number of benzene rings is 1. The van der Waals surface area contributed by atoms with Crippen molar-refractivity contribution >= 4 is 5.97 Å². The van der Waals surface area contributed by atoms with Gasteiger partial charge in [-0.25, -0.2) is 0 Å². The van der Waals surface area contributed by atoms with Gasteiger partial charge in [-0.3, -0.25) is 4.79 Å². The second-order valence-corrected chi connectivity index (χ2v) is 6.11. The van der Waals surface area contributed by atoms with E-state index in [-0.39, 0.29) is 23.3 Å². The van der Waals surface area contributed by atoms with E-state index in [1.54, 1.807) is 6.07 Å². The molecule has 0 fully saturated rings. The Morgan fingerprint density at radius 3 is 2.50 bits per heavy atom. The van der Waals surface area contributed by atoms with Crippen molar-refractivity contribution in [2.75, 3.05) is 6.61 Å². The summed E-state index contributed by atoms with van der Waals surface area (Å²) in [6, 6.07) is 3.58. The third-order valence-electron chi connectivity index (χ3n) is 2.89. The maximum Gasteiger partial charge on any atom is 0.323 e. The van der Waals surface area contributed by atoms with Gasteiger partial charge in [0.1, 0.15) is 6.04 Å². The molecule has 4 N–H and O–H groups in total. The van der Waals surface area contributed by atoms with E-state index in [1.165, 1.54) is 12.1 Å². The van der Waals surface area contributed by atoms with Crippen LogP contribution in [-0.2, 0) is 16.0 Å². The molecule has 0 amide bonds. The van der Waals surface area contributed by atoms with Gasteiger partial charge in [-0.15, -0.1) is 0 Å². The number of carbonyl (C=O) groups is 1. The maximum atomic E-state index is 11.7. The van der Waals surface area contributed by atoms with Gasteiger partial charge in [0.05, 0.1) is 6.61 Å². The Morgan fingerprint density at radius 1 is 1.30 bits per heavy atom. The van der Waals surface area contributed by atoms with E-state index in [9.17, 15) is 15.0 Å². The lowest BCUT2D eigenvalue weighted by molar-refractivity contribution is -0.145. The van der Waals surface area contributed by atoms with Crippen LogP contribution in [0.1, 0.15) is 32.8 Å². The van der Waals surface area contributed by atoms with E-state index in [4.69, 9.17) is 10.5 Å². The molecule has 1 atom stereocenters. The summed E-state index contributed by atoms with van der Waals surface area (Å²) >= 11 is 0. The van der Waals surface area contributed by atoms with Gasteiger partial charge in [-0.2, -0.15) is 0 Å². The Kier molecular flexibility index (Phi) is 5.39. The fourth-order valence-electron chi connectivity index (χ4n) is 1.60. The molecule has 1 aromatic rings. The number of aromatic hydroxyl groups is 2. The minimum absolute atomic E-state index is 0.104. The van der Waals surface area contributed by atoms with Crippen LogP contribution in [0.2, 0.25) is 0 Å². The molecule has 1 aromatic carbocycles. The van der Waals surface area contributed by atoms with Crippen LogP contribution in [0.15, 0.2) is 18.2 Å². The van der Waals surface area contributed by atoms with Crippen LogP contribution in [0, 0.1) is 5.41 Å². The Morgan fingerprint density at radius 2 is 1.95 bits per heavy atom. The Balaban J connectivity index is 2.47. The van der Waals surface area contributed by atoms with Gasteiger partial charge in [-0.1, -0.05) is 26.8 Å². The molecule has 0 spiro atoms. The van der Waals surface area contributed by atoms with Crippen molar-refractivity contribution in [3.8, 4) is 11.5 Å². The molecule has 1 rings (SSSR count). The maximum absolute atomic E-state index is 11.7. The highest BCUT2D eigenvalue weighted by Gasteiger charge is 2.18. The predicted molar refractivity (Wildman–Crippen MR) is 76.5 cm³/mol. The molecule has 0 bridgehead atoms. The van der Waals surface area contributed by atoms with Crippen LogP contribution in [0.25, 0.3) is 0 Å². The van der Waals surface area contributed by atoms with Crippen molar-refractivity contribution in [1.29, 1.82) is 0 Å². The van der Waals surface area contributed by atoms with E-state index in [1.807, 2.05) is 0 Å². The zero-order valence-electron chi connectivity index (χ0n) is 12.2. The molecule has 5 heteroatoms. The molecular weight excluding hydrogens is 258 g/mol. The number of phenols is 2. The van der Waals surface area contributed by atoms with Gasteiger partial charge in [0.25, 0.3) is 0 Å². The molecule has 0 aliphatic heterocycles. The van der Waals surface area contributed by atoms with Crippen molar-refractivity contribution in [1.82, 2.24) is 0 Å². The summed E-state index contributed by atoms with van der Waals surface area (Å²) in [6.07, 6.45) is 1.02. The van der Waals surface area contributed by atoms with E-state index < -0.39 is 12.0 Å². The van der Waals surface area contributed by atoms with Crippen LogP contribution in [-0.4, -0.2) is 28.8 Å². The number of hydrogen-bond donors (Lipinski definition) is 3. The SMILES string of the molecule is CC(C)(C)CCOC(=O)[C@@H](N)Cc1ccc(O)c(O)c1. The number of carbonyl (C=O) groups excluding carboxylic acids is 1. The van der Waals surface area contributed by atoms with Crippen LogP contribution >= 0.6 is 0 Å². The first kappa shape index (κ1) is 16.3. The molecule has 0 heterocycles. The standard InChI is InChI=1S/C15H23NO4/c1-15(2,3)6-7-20-14(19)11(16)8-10-4-5-12(17)13(18)9-10/h4-5,9,11,17-18H,6-8,16H2,1-3H3/t11-/m0/s1. The van der Waals surface area contributed by atoms with Crippen molar-refractivity contribution in [2.45, 2.75) is 39.7 Å². The largest absolute Gasteiger partial charge is 0.504 e. The lowest BCUT2D eigenvalue weighted by Crippen LogP contribution is -2.34. The first-order valence-electron chi connectivity index (χ1n) is 6.62. The second kappa shape index (κ2) is 6.61. The average Bonchev–Trinajstić information content (AvgIpc) is 2.32. The molecule has 0 aliphatic carbocycles. The topological polar surface area (TPSA) is 92.8 Å². The van der Waals surface area contributed by atoms with E-state index in [2.05, 4.69) is 20.8 Å². The highest BCUT2D eigenvalue weighted by Crippen LogP contribution is 2.25. The third-order valence-corrected chi connectivity index (χ3v) is 2.89. The predicted octanol–water partition coefficient (Wildman–Crippen LogP) is 1.95. The number of rotatable bonds is 5. The minimum atomic E-state index is -0.779. The van der Waals surface area contributed by atoms with Gasteiger partial charge in [0, 0.05) is 0 Å². The molecule has 20 heavy (non-hydrogen) atoms. The molecule has 0 aromatic heterocycles. The van der Waals surface area contributed by atoms with Gasteiger partial charge in [-0.05, 0) is 36.0 Å². The van der Waals surface area contributed by atoms with Crippen LogP contribution < -0.4 is 5.73 Å². The second-order valence-electron chi connectivity index (χ2n) is 6.11. The zero-order valence-corrected chi connectivity index (χ0v) is 12.2. The van der Waals surface area contributed by atoms with Crippen molar-refractivity contribution in [3.05, 3.63) is 23.8 Å². The highest BCUT2D eigenvalue weighted by molar-refractivity contribution is 5.75. The first-order chi connectivity index (χ1) is 9.19. The fourth-order valence-corrected chi connectivity index (χ4v) is 1.60. The first-order valence-corrected chi connectivity index (χ1v) is 6.62. The molecule has 0 aliphatic rings. The van der Waals surface area contributed by atoms with Gasteiger partial charge in [0.15, 0.2) is 11.5 Å². The summed E-state index contributed by atoms with van der Waals surface area (Å²) in [4.78, 5) is 11.7. The summed E-state index contributed by atoms with van der Waals surface area (Å²) in [5.41, 5.74) is 6.54. The van der Waals surface area contributed by atoms with Gasteiger partial charge in [0.2, 0.25) is 0 Å².